The highest BCUT2D eigenvalue weighted by Gasteiger charge is 2.33. The maximum absolute atomic E-state index is 15.4. The van der Waals surface area contributed by atoms with Gasteiger partial charge in [-0.15, -0.1) is 0 Å². The standard InChI is InChI=1S/C35H36FN7O3/c1-35(2,3)24-15-23-18-38-42(34(45)32(23)27(36)16-24)29-8-6-7-25-26(29)20-46-43-30(25)17-28(33(44)41(43)5)39-31-10-9-21(11-13-37-31)22-12-14-40(4)19-22/h6-11,13,15-18,22H,12,14,19-20H2,1-5H3,(H,37,44)/p+1. The smallest absolute Gasteiger partial charge is 0.328 e. The Labute approximate surface area is 265 Å². The highest BCUT2D eigenvalue weighted by Crippen LogP contribution is 2.31. The predicted octanol–water partition coefficient (Wildman–Crippen LogP) is 3.67. The van der Waals surface area contributed by atoms with Crippen LogP contribution in [0.3, 0.4) is 0 Å². The van der Waals surface area contributed by atoms with Crippen molar-refractivity contribution < 1.29 is 14.1 Å². The molecule has 3 aliphatic heterocycles. The average Bonchev–Trinajstić information content (AvgIpc) is 3.32. The van der Waals surface area contributed by atoms with E-state index in [1.165, 1.54) is 32.0 Å². The van der Waals surface area contributed by atoms with Gasteiger partial charge in [0, 0.05) is 29.8 Å². The fourth-order valence-corrected chi connectivity index (χ4v) is 6.44. The van der Waals surface area contributed by atoms with Crippen molar-refractivity contribution >= 4 is 16.5 Å². The van der Waals surface area contributed by atoms with Crippen LogP contribution >= 0.6 is 0 Å². The first kappa shape index (κ1) is 29.7. The van der Waals surface area contributed by atoms with E-state index < -0.39 is 11.4 Å². The Bertz CT molecular complexity index is 2120. The lowest BCUT2D eigenvalue weighted by Crippen LogP contribution is -2.59. The summed E-state index contributed by atoms with van der Waals surface area (Å²) in [6.45, 7) is 8.15. The number of fused-ring (bicyclic) bond motifs is 4. The molecule has 236 valence electrons. The molecule has 11 heteroatoms. The number of allylic oxidation sites excluding steroid dienone is 3. The molecule has 0 amide bonds. The Hall–Kier alpha value is -5.03. The van der Waals surface area contributed by atoms with Gasteiger partial charge < -0.3 is 15.5 Å². The highest BCUT2D eigenvalue weighted by molar-refractivity contribution is 5.83. The van der Waals surface area contributed by atoms with Crippen molar-refractivity contribution in [2.24, 2.45) is 13.0 Å². The molecular formula is C35H37FN7O3+. The number of aromatic nitrogens is 4. The van der Waals surface area contributed by atoms with Crippen LogP contribution in [0.5, 0.6) is 0 Å². The third-order valence-electron chi connectivity index (χ3n) is 9.06. The second-order valence-electron chi connectivity index (χ2n) is 13.3. The molecule has 2 N–H and O–H groups in total. The molecule has 10 nitrogen and oxygen atoms in total. The highest BCUT2D eigenvalue weighted by atomic mass is 19.1. The fraction of sp³-hybridized carbons (Fsp3) is 0.314. The van der Waals surface area contributed by atoms with Crippen molar-refractivity contribution in [2.75, 3.05) is 25.5 Å². The molecule has 3 aliphatic rings. The molecule has 0 saturated carbocycles. The zero-order chi connectivity index (χ0) is 32.3. The normalized spacial score (nSPS) is 17.8. The molecular weight excluding hydrogens is 585 g/mol. The van der Waals surface area contributed by atoms with Crippen LogP contribution in [0.15, 0.2) is 88.0 Å². The predicted molar refractivity (Wildman–Crippen MR) is 175 cm³/mol. The van der Waals surface area contributed by atoms with E-state index in [2.05, 4.69) is 39.8 Å². The van der Waals surface area contributed by atoms with Gasteiger partial charge in [-0.1, -0.05) is 37.6 Å². The first-order valence-electron chi connectivity index (χ1n) is 15.4. The fourth-order valence-electron chi connectivity index (χ4n) is 6.44. The number of anilines is 1. The van der Waals surface area contributed by atoms with Crippen molar-refractivity contribution in [3.8, 4) is 16.9 Å². The van der Waals surface area contributed by atoms with Crippen LogP contribution in [0.25, 0.3) is 27.7 Å². The topological polar surface area (TPSA) is 97.3 Å². The minimum Gasteiger partial charge on any atom is -0.348 e. The molecule has 5 heterocycles. The summed E-state index contributed by atoms with van der Waals surface area (Å²) < 4.78 is 18.0. The Morgan fingerprint density at radius 2 is 1.93 bits per heavy atom. The third-order valence-corrected chi connectivity index (χ3v) is 9.06. The van der Waals surface area contributed by atoms with Gasteiger partial charge in [0.15, 0.2) is 6.61 Å². The Kier molecular flexibility index (Phi) is 7.16. The first-order valence-corrected chi connectivity index (χ1v) is 15.4. The number of nitrogens with zero attached hydrogens (tertiary/aromatic N) is 5. The summed E-state index contributed by atoms with van der Waals surface area (Å²) in [5.74, 6) is 0.551. The Balaban J connectivity index is 1.27. The lowest BCUT2D eigenvalue weighted by Gasteiger charge is -2.20. The molecule has 1 unspecified atom stereocenters. The van der Waals surface area contributed by atoms with E-state index >= 15 is 4.39 Å². The third kappa shape index (κ3) is 5.10. The maximum Gasteiger partial charge on any atom is 0.328 e. The first-order chi connectivity index (χ1) is 22.0. The monoisotopic (exact) mass is 622 g/mol. The number of hydrogen-bond acceptors (Lipinski definition) is 7. The van der Waals surface area contributed by atoms with Gasteiger partial charge in [-0.25, -0.2) is 9.23 Å². The summed E-state index contributed by atoms with van der Waals surface area (Å²) in [5, 5.41) is 11.4. The van der Waals surface area contributed by atoms with E-state index in [4.69, 9.17) is 4.84 Å². The van der Waals surface area contributed by atoms with Crippen molar-refractivity contribution in [1.82, 2.24) is 24.7 Å². The van der Waals surface area contributed by atoms with Crippen molar-refractivity contribution in [3.05, 3.63) is 116 Å². The van der Waals surface area contributed by atoms with Gasteiger partial charge in [-0.2, -0.15) is 9.78 Å². The molecule has 7 rings (SSSR count). The number of likely N-dealkylation sites (tertiary alicyclic amines) is 1. The second-order valence-corrected chi connectivity index (χ2v) is 13.3. The van der Waals surface area contributed by atoms with Gasteiger partial charge in [-0.05, 0) is 78.9 Å². The van der Waals surface area contributed by atoms with Gasteiger partial charge in [0.05, 0.1) is 29.9 Å². The summed E-state index contributed by atoms with van der Waals surface area (Å²) in [4.78, 5) is 36.9. The molecule has 1 atom stereocenters. The Morgan fingerprint density at radius 1 is 1.11 bits per heavy atom. The molecule has 4 aromatic rings. The summed E-state index contributed by atoms with van der Waals surface area (Å²) in [5.41, 5.74) is 3.79. The minimum atomic E-state index is -0.579. The molecule has 2 aromatic heterocycles. The van der Waals surface area contributed by atoms with E-state index in [-0.39, 0.29) is 23.0 Å². The van der Waals surface area contributed by atoms with Crippen molar-refractivity contribution in [1.29, 1.82) is 0 Å². The number of benzene rings is 2. The summed E-state index contributed by atoms with van der Waals surface area (Å²) in [6, 6.07) is 10.5. The molecule has 46 heavy (non-hydrogen) atoms. The average molecular weight is 623 g/mol. The molecule has 0 bridgehead atoms. The lowest BCUT2D eigenvalue weighted by molar-refractivity contribution is -0.950. The minimum absolute atomic E-state index is 0.0172. The van der Waals surface area contributed by atoms with Crippen LogP contribution in [-0.4, -0.2) is 39.5 Å². The second kappa shape index (κ2) is 11.1. The quantitative estimate of drug-likeness (QED) is 0.336. The molecule has 1 saturated heterocycles. The number of rotatable bonds is 4. The van der Waals surface area contributed by atoms with Gasteiger partial charge in [0.1, 0.15) is 22.2 Å². The summed E-state index contributed by atoms with van der Waals surface area (Å²) in [7, 11) is 3.77. The van der Waals surface area contributed by atoms with Crippen LogP contribution in [-0.2, 0) is 19.1 Å². The summed E-state index contributed by atoms with van der Waals surface area (Å²) in [6.07, 6.45) is 10.6. The van der Waals surface area contributed by atoms with Gasteiger partial charge in [-0.3, -0.25) is 9.59 Å². The van der Waals surface area contributed by atoms with Gasteiger partial charge in [0.25, 0.3) is 11.3 Å². The van der Waals surface area contributed by atoms with Crippen LogP contribution < -0.4 is 31.4 Å². The largest absolute Gasteiger partial charge is 0.348 e. The summed E-state index contributed by atoms with van der Waals surface area (Å²) >= 11 is 0. The van der Waals surface area contributed by atoms with E-state index in [0.29, 0.717) is 39.8 Å². The molecule has 0 radical (unpaired) electrons. The number of halogens is 1. The van der Waals surface area contributed by atoms with E-state index in [1.54, 1.807) is 19.2 Å². The van der Waals surface area contributed by atoms with Crippen LogP contribution in [0, 0.1) is 11.7 Å². The SMILES string of the molecule is CN1CCC(C2=CC=C(Nc3cc4[n+](n(C)c3=O)OCc3c-4cccc3-n3ncc4cc(C(C)(C)C)cc(F)c4c3=O)NC=C2)C1. The number of hydrogen-bond donors (Lipinski definition) is 2. The van der Waals surface area contributed by atoms with Crippen LogP contribution in [0.1, 0.15) is 38.3 Å². The molecule has 0 spiro atoms. The molecule has 2 aromatic carbocycles. The van der Waals surface area contributed by atoms with E-state index in [9.17, 15) is 9.59 Å². The number of nitrogens with one attached hydrogen (secondary N) is 2. The van der Waals surface area contributed by atoms with E-state index in [1.807, 2.05) is 51.2 Å². The molecule has 0 aliphatic carbocycles. The van der Waals surface area contributed by atoms with Gasteiger partial charge in [0.2, 0.25) is 0 Å². The zero-order valence-electron chi connectivity index (χ0n) is 26.6. The van der Waals surface area contributed by atoms with Crippen molar-refractivity contribution in [3.63, 3.8) is 0 Å². The van der Waals surface area contributed by atoms with Crippen LogP contribution in [0.4, 0.5) is 10.1 Å². The van der Waals surface area contributed by atoms with Gasteiger partial charge >= 0.3 is 5.56 Å². The zero-order valence-corrected chi connectivity index (χ0v) is 26.6. The lowest BCUT2D eigenvalue weighted by atomic mass is 9.86. The molecule has 1 fully saturated rings. The van der Waals surface area contributed by atoms with Crippen LogP contribution in [0.2, 0.25) is 0 Å². The maximum atomic E-state index is 15.4. The Morgan fingerprint density at radius 3 is 2.70 bits per heavy atom. The van der Waals surface area contributed by atoms with Crippen molar-refractivity contribution in [2.45, 2.75) is 39.2 Å². The van der Waals surface area contributed by atoms with E-state index in [0.717, 1.165) is 30.6 Å².